The average Bonchev–Trinajstić information content (AvgIpc) is 2.64. The van der Waals surface area contributed by atoms with Gasteiger partial charge in [-0.3, -0.25) is 0 Å². The Morgan fingerprint density at radius 1 is 1.21 bits per heavy atom. The molecule has 0 radical (unpaired) electrons. The Morgan fingerprint density at radius 3 is 2.64 bits per heavy atom. The second-order valence-corrected chi connectivity index (χ2v) is 3.56. The maximum atomic E-state index is 13.3. The summed E-state index contributed by atoms with van der Waals surface area (Å²) in [6.07, 6.45) is 1.54. The van der Waals surface area contributed by atoms with Crippen LogP contribution in [0.15, 0.2) is 24.4 Å². The second kappa shape index (κ2) is 3.34. The van der Waals surface area contributed by atoms with Crippen LogP contribution in [0.3, 0.4) is 0 Å². The lowest BCUT2D eigenvalue weighted by Crippen LogP contribution is -1.93. The standard InChI is InChI=1S/C9H6F2N2S/c10-6-4-8(12)7(11)3-5(6)9-1-2-13-14-9/h1-4H,12H2. The summed E-state index contributed by atoms with van der Waals surface area (Å²) in [7, 11) is 0. The van der Waals surface area contributed by atoms with Crippen LogP contribution in [0, 0.1) is 11.6 Å². The molecule has 0 aliphatic carbocycles. The fraction of sp³-hybridized carbons (Fsp3) is 0. The van der Waals surface area contributed by atoms with Gasteiger partial charge in [0.15, 0.2) is 0 Å². The first kappa shape index (κ1) is 9.08. The Morgan fingerprint density at radius 2 is 2.00 bits per heavy atom. The largest absolute Gasteiger partial charge is 0.396 e. The zero-order valence-electron chi connectivity index (χ0n) is 7.00. The number of aromatic nitrogens is 1. The second-order valence-electron chi connectivity index (χ2n) is 2.73. The summed E-state index contributed by atoms with van der Waals surface area (Å²) in [6.45, 7) is 0. The summed E-state index contributed by atoms with van der Waals surface area (Å²) in [5, 5.41) is 0. The zero-order chi connectivity index (χ0) is 10.1. The van der Waals surface area contributed by atoms with Crippen molar-refractivity contribution in [1.82, 2.24) is 4.37 Å². The quantitative estimate of drug-likeness (QED) is 0.738. The normalized spacial score (nSPS) is 10.4. The van der Waals surface area contributed by atoms with Crippen LogP contribution in [0.5, 0.6) is 0 Å². The maximum absolute atomic E-state index is 13.3. The molecule has 0 bridgehead atoms. The van der Waals surface area contributed by atoms with Crippen LogP contribution >= 0.6 is 11.5 Å². The lowest BCUT2D eigenvalue weighted by atomic mass is 10.1. The average molecular weight is 212 g/mol. The molecule has 0 atom stereocenters. The van der Waals surface area contributed by atoms with E-state index in [4.69, 9.17) is 5.73 Å². The van der Waals surface area contributed by atoms with Crippen LogP contribution in [0.2, 0.25) is 0 Å². The molecule has 0 amide bonds. The Labute approximate surface area is 83.2 Å². The van der Waals surface area contributed by atoms with Gasteiger partial charge in [-0.2, -0.15) is 0 Å². The molecule has 1 aromatic carbocycles. The fourth-order valence-corrected chi connectivity index (χ4v) is 1.72. The van der Waals surface area contributed by atoms with E-state index < -0.39 is 11.6 Å². The molecule has 0 saturated heterocycles. The van der Waals surface area contributed by atoms with Gasteiger partial charge in [-0.1, -0.05) is 0 Å². The van der Waals surface area contributed by atoms with Crippen molar-refractivity contribution < 1.29 is 8.78 Å². The molecule has 0 spiro atoms. The number of halogens is 2. The molecule has 2 aromatic rings. The Balaban J connectivity index is 2.60. The molecule has 0 saturated carbocycles. The van der Waals surface area contributed by atoms with E-state index >= 15 is 0 Å². The van der Waals surface area contributed by atoms with Gasteiger partial charge in [0, 0.05) is 17.8 Å². The SMILES string of the molecule is Nc1cc(F)c(-c2ccns2)cc1F. The van der Waals surface area contributed by atoms with Gasteiger partial charge >= 0.3 is 0 Å². The number of benzene rings is 1. The molecule has 2 rings (SSSR count). The van der Waals surface area contributed by atoms with Crippen molar-refractivity contribution in [3.05, 3.63) is 36.0 Å². The van der Waals surface area contributed by atoms with Crippen molar-refractivity contribution in [3.8, 4) is 10.4 Å². The van der Waals surface area contributed by atoms with Crippen LogP contribution in [0.4, 0.5) is 14.5 Å². The van der Waals surface area contributed by atoms with E-state index in [2.05, 4.69) is 4.37 Å². The number of anilines is 1. The Hall–Kier alpha value is -1.49. The lowest BCUT2D eigenvalue weighted by Gasteiger charge is -2.02. The molecule has 0 aliphatic rings. The Bertz CT molecular complexity index is 454. The number of nitrogens with two attached hydrogens (primary N) is 1. The van der Waals surface area contributed by atoms with E-state index in [1.165, 1.54) is 6.20 Å². The van der Waals surface area contributed by atoms with Gasteiger partial charge < -0.3 is 5.73 Å². The lowest BCUT2D eigenvalue weighted by molar-refractivity contribution is 0.607. The van der Waals surface area contributed by atoms with Crippen molar-refractivity contribution >= 4 is 17.2 Å². The third kappa shape index (κ3) is 1.46. The Kier molecular flexibility index (Phi) is 2.17. The minimum Gasteiger partial charge on any atom is -0.396 e. The number of nitrogen functional groups attached to an aromatic ring is 1. The van der Waals surface area contributed by atoms with Crippen LogP contribution < -0.4 is 5.73 Å². The topological polar surface area (TPSA) is 38.9 Å². The van der Waals surface area contributed by atoms with E-state index in [0.717, 1.165) is 23.7 Å². The van der Waals surface area contributed by atoms with Crippen LogP contribution in [0.1, 0.15) is 0 Å². The van der Waals surface area contributed by atoms with Gasteiger partial charge in [0.1, 0.15) is 11.6 Å². The highest BCUT2D eigenvalue weighted by Gasteiger charge is 2.10. The minimum absolute atomic E-state index is 0.184. The third-order valence-corrected chi connectivity index (χ3v) is 2.57. The fourth-order valence-electron chi connectivity index (χ4n) is 1.11. The molecule has 1 aromatic heterocycles. The maximum Gasteiger partial charge on any atom is 0.146 e. The van der Waals surface area contributed by atoms with E-state index in [1.807, 2.05) is 0 Å². The molecular weight excluding hydrogens is 206 g/mol. The molecule has 2 nitrogen and oxygen atoms in total. The van der Waals surface area contributed by atoms with Gasteiger partial charge in [0.2, 0.25) is 0 Å². The smallest absolute Gasteiger partial charge is 0.146 e. The number of hydrogen-bond acceptors (Lipinski definition) is 3. The number of hydrogen-bond donors (Lipinski definition) is 1. The van der Waals surface area contributed by atoms with Crippen molar-refractivity contribution in [1.29, 1.82) is 0 Å². The van der Waals surface area contributed by atoms with Gasteiger partial charge in [0.05, 0.1) is 10.6 Å². The third-order valence-electron chi connectivity index (χ3n) is 1.79. The van der Waals surface area contributed by atoms with Crippen LogP contribution in [0.25, 0.3) is 10.4 Å². The molecule has 1 heterocycles. The van der Waals surface area contributed by atoms with Gasteiger partial charge in [0.25, 0.3) is 0 Å². The first-order valence-corrected chi connectivity index (χ1v) is 4.61. The first-order chi connectivity index (χ1) is 6.68. The van der Waals surface area contributed by atoms with E-state index in [9.17, 15) is 8.78 Å². The summed E-state index contributed by atoms with van der Waals surface area (Å²) in [5.74, 6) is -1.15. The zero-order valence-corrected chi connectivity index (χ0v) is 7.81. The van der Waals surface area contributed by atoms with Gasteiger partial charge in [-0.25, -0.2) is 13.2 Å². The number of rotatable bonds is 1. The predicted molar refractivity (Wildman–Crippen MR) is 51.9 cm³/mol. The van der Waals surface area contributed by atoms with E-state index in [-0.39, 0.29) is 11.3 Å². The summed E-state index contributed by atoms with van der Waals surface area (Å²) in [4.78, 5) is 0.585. The molecule has 2 N–H and O–H groups in total. The molecule has 14 heavy (non-hydrogen) atoms. The summed E-state index contributed by atoms with van der Waals surface area (Å²) in [5.41, 5.74) is 5.22. The monoisotopic (exact) mass is 212 g/mol. The molecular formula is C9H6F2N2S. The molecule has 5 heteroatoms. The minimum atomic E-state index is -0.616. The van der Waals surface area contributed by atoms with Crippen molar-refractivity contribution in [2.45, 2.75) is 0 Å². The highest BCUT2D eigenvalue weighted by Crippen LogP contribution is 2.28. The summed E-state index contributed by atoms with van der Waals surface area (Å²) < 4.78 is 30.2. The van der Waals surface area contributed by atoms with Crippen LogP contribution in [-0.4, -0.2) is 4.37 Å². The number of nitrogens with zero attached hydrogens (tertiary/aromatic N) is 1. The molecule has 0 aliphatic heterocycles. The highest BCUT2D eigenvalue weighted by atomic mass is 32.1. The highest BCUT2D eigenvalue weighted by molar-refractivity contribution is 7.09. The van der Waals surface area contributed by atoms with E-state index in [1.54, 1.807) is 6.07 Å². The van der Waals surface area contributed by atoms with E-state index in [0.29, 0.717) is 4.88 Å². The van der Waals surface area contributed by atoms with Crippen molar-refractivity contribution in [3.63, 3.8) is 0 Å². The van der Waals surface area contributed by atoms with Gasteiger partial charge in [-0.05, 0) is 23.7 Å². The van der Waals surface area contributed by atoms with Crippen molar-refractivity contribution in [2.75, 3.05) is 5.73 Å². The summed E-state index contributed by atoms with van der Waals surface area (Å²) in [6, 6.07) is 3.68. The molecule has 0 unspecified atom stereocenters. The molecule has 0 fully saturated rings. The first-order valence-electron chi connectivity index (χ1n) is 3.84. The molecule has 72 valence electrons. The summed E-state index contributed by atoms with van der Waals surface area (Å²) >= 11 is 1.11. The predicted octanol–water partition coefficient (Wildman–Crippen LogP) is 2.67. The van der Waals surface area contributed by atoms with Gasteiger partial charge in [-0.15, -0.1) is 0 Å². The van der Waals surface area contributed by atoms with Crippen molar-refractivity contribution in [2.24, 2.45) is 0 Å². The van der Waals surface area contributed by atoms with Crippen LogP contribution in [-0.2, 0) is 0 Å².